The van der Waals surface area contributed by atoms with Gasteiger partial charge >= 0.3 is 0 Å². The average Bonchev–Trinajstić information content (AvgIpc) is 3.36. The second-order valence-electron chi connectivity index (χ2n) is 6.97. The van der Waals surface area contributed by atoms with Gasteiger partial charge < -0.3 is 19.2 Å². The molecule has 1 fully saturated rings. The third-order valence-corrected chi connectivity index (χ3v) is 5.14. The molecule has 1 aromatic carbocycles. The monoisotopic (exact) mass is 404 g/mol. The predicted octanol–water partition coefficient (Wildman–Crippen LogP) is 3.61. The SMILES string of the molecule is COc1ccc(/C(O)=C2/C(=O)C(=O)N(Cc3ccco3)C2c2cccnc2)c(C)c1. The fourth-order valence-corrected chi connectivity index (χ4v) is 3.67. The number of pyridine rings is 1. The standard InChI is InChI=1S/C23H20N2O5/c1-14-11-16(29-2)7-8-18(14)21(26)19-20(15-5-3-9-24-12-15)25(23(28)22(19)27)13-17-6-4-10-30-17/h3-12,20,26H,13H2,1-2H3/b21-19-. The summed E-state index contributed by atoms with van der Waals surface area (Å²) in [5.41, 5.74) is 1.82. The third kappa shape index (κ3) is 3.34. The summed E-state index contributed by atoms with van der Waals surface area (Å²) in [6, 6.07) is 11.3. The van der Waals surface area contributed by atoms with Gasteiger partial charge in [-0.1, -0.05) is 6.07 Å². The van der Waals surface area contributed by atoms with E-state index in [0.717, 1.165) is 0 Å². The number of ether oxygens (including phenoxy) is 1. The van der Waals surface area contributed by atoms with E-state index in [2.05, 4.69) is 4.98 Å². The zero-order chi connectivity index (χ0) is 21.3. The molecular weight excluding hydrogens is 384 g/mol. The maximum atomic E-state index is 13.0. The Morgan fingerprint density at radius 3 is 2.70 bits per heavy atom. The molecular formula is C23H20N2O5. The van der Waals surface area contributed by atoms with Crippen LogP contribution in [0.4, 0.5) is 0 Å². The van der Waals surface area contributed by atoms with Crippen LogP contribution < -0.4 is 4.74 Å². The maximum Gasteiger partial charge on any atom is 0.296 e. The molecule has 0 bridgehead atoms. The summed E-state index contributed by atoms with van der Waals surface area (Å²) in [6.07, 6.45) is 4.70. The Balaban J connectivity index is 1.87. The van der Waals surface area contributed by atoms with Gasteiger partial charge in [0.2, 0.25) is 0 Å². The molecule has 1 aliphatic heterocycles. The van der Waals surface area contributed by atoms with E-state index < -0.39 is 17.7 Å². The summed E-state index contributed by atoms with van der Waals surface area (Å²) >= 11 is 0. The summed E-state index contributed by atoms with van der Waals surface area (Å²) in [5.74, 6) is -0.516. The number of aromatic nitrogens is 1. The number of aliphatic hydroxyl groups is 1. The smallest absolute Gasteiger partial charge is 0.296 e. The number of methoxy groups -OCH3 is 1. The van der Waals surface area contributed by atoms with Crippen LogP contribution in [0.15, 0.2) is 71.1 Å². The molecule has 1 unspecified atom stereocenters. The van der Waals surface area contributed by atoms with Crippen LogP contribution in [-0.4, -0.2) is 33.8 Å². The number of likely N-dealkylation sites (tertiary alicyclic amines) is 1. The molecule has 7 nitrogen and oxygen atoms in total. The van der Waals surface area contributed by atoms with Crippen molar-refractivity contribution >= 4 is 17.4 Å². The van der Waals surface area contributed by atoms with Gasteiger partial charge in [0.15, 0.2) is 0 Å². The van der Waals surface area contributed by atoms with Crippen molar-refractivity contribution in [3.63, 3.8) is 0 Å². The number of ketones is 1. The molecule has 1 amide bonds. The van der Waals surface area contributed by atoms with Gasteiger partial charge in [-0.25, -0.2) is 0 Å². The van der Waals surface area contributed by atoms with Gasteiger partial charge in [-0.2, -0.15) is 0 Å². The maximum absolute atomic E-state index is 13.0. The lowest BCUT2D eigenvalue weighted by Gasteiger charge is -2.24. The molecule has 0 spiro atoms. The van der Waals surface area contributed by atoms with Crippen LogP contribution in [-0.2, 0) is 16.1 Å². The average molecular weight is 404 g/mol. The van der Waals surface area contributed by atoms with Crippen molar-refractivity contribution in [2.24, 2.45) is 0 Å². The molecule has 4 rings (SSSR count). The zero-order valence-corrected chi connectivity index (χ0v) is 16.5. The number of Topliss-reactive ketones (excluding diaryl/α,β-unsaturated/α-hetero) is 1. The van der Waals surface area contributed by atoms with Gasteiger partial charge in [0, 0.05) is 18.0 Å². The zero-order valence-electron chi connectivity index (χ0n) is 16.5. The van der Waals surface area contributed by atoms with E-state index in [0.29, 0.717) is 28.2 Å². The van der Waals surface area contributed by atoms with Crippen molar-refractivity contribution in [1.29, 1.82) is 0 Å². The molecule has 1 aliphatic rings. The molecule has 0 radical (unpaired) electrons. The number of hydrogen-bond donors (Lipinski definition) is 1. The molecule has 7 heteroatoms. The van der Waals surface area contributed by atoms with Gasteiger partial charge in [0.1, 0.15) is 17.3 Å². The molecule has 1 atom stereocenters. The van der Waals surface area contributed by atoms with Crippen molar-refractivity contribution in [2.45, 2.75) is 19.5 Å². The third-order valence-electron chi connectivity index (χ3n) is 5.14. The van der Waals surface area contributed by atoms with E-state index in [1.165, 1.54) is 11.2 Å². The van der Waals surface area contributed by atoms with E-state index in [4.69, 9.17) is 9.15 Å². The minimum atomic E-state index is -0.787. The first kappa shape index (κ1) is 19.4. The van der Waals surface area contributed by atoms with E-state index in [9.17, 15) is 14.7 Å². The normalized spacial score (nSPS) is 18.1. The van der Waals surface area contributed by atoms with Crippen LogP contribution in [0.5, 0.6) is 5.75 Å². The lowest BCUT2D eigenvalue weighted by molar-refractivity contribution is -0.140. The number of amides is 1. The van der Waals surface area contributed by atoms with Gasteiger partial charge in [-0.15, -0.1) is 0 Å². The fraction of sp³-hybridized carbons (Fsp3) is 0.174. The highest BCUT2D eigenvalue weighted by molar-refractivity contribution is 6.46. The van der Waals surface area contributed by atoms with Crippen LogP contribution in [0, 0.1) is 6.92 Å². The Hall–Kier alpha value is -3.87. The van der Waals surface area contributed by atoms with Crippen molar-refractivity contribution < 1.29 is 23.8 Å². The molecule has 0 aliphatic carbocycles. The predicted molar refractivity (Wildman–Crippen MR) is 109 cm³/mol. The molecule has 3 aromatic rings. The Labute approximate surface area is 173 Å². The van der Waals surface area contributed by atoms with Crippen molar-refractivity contribution in [3.8, 4) is 5.75 Å². The number of furan rings is 1. The van der Waals surface area contributed by atoms with Gasteiger partial charge in [-0.05, 0) is 54.4 Å². The van der Waals surface area contributed by atoms with Crippen LogP contribution in [0.25, 0.3) is 5.76 Å². The summed E-state index contributed by atoms with van der Waals surface area (Å²) < 4.78 is 10.6. The Kier molecular flexibility index (Phi) is 5.10. The minimum absolute atomic E-state index is 0.0211. The Bertz CT molecular complexity index is 1120. The highest BCUT2D eigenvalue weighted by Crippen LogP contribution is 2.40. The number of aryl methyl sites for hydroxylation is 1. The first-order chi connectivity index (χ1) is 14.5. The molecule has 30 heavy (non-hydrogen) atoms. The number of carbonyl (C=O) groups excluding carboxylic acids is 2. The largest absolute Gasteiger partial charge is 0.507 e. The molecule has 152 valence electrons. The van der Waals surface area contributed by atoms with Gasteiger partial charge in [0.05, 0.1) is 31.5 Å². The quantitative estimate of drug-likeness (QED) is 0.397. The second-order valence-corrected chi connectivity index (χ2v) is 6.97. The molecule has 1 saturated heterocycles. The van der Waals surface area contributed by atoms with Gasteiger partial charge in [-0.3, -0.25) is 14.6 Å². The molecule has 0 saturated carbocycles. The first-order valence-corrected chi connectivity index (χ1v) is 9.37. The van der Waals surface area contributed by atoms with Crippen LogP contribution in [0.2, 0.25) is 0 Å². The van der Waals surface area contributed by atoms with Crippen molar-refractivity contribution in [3.05, 3.63) is 89.1 Å². The topological polar surface area (TPSA) is 92.9 Å². The van der Waals surface area contributed by atoms with E-state index in [-0.39, 0.29) is 17.9 Å². The van der Waals surface area contributed by atoms with Crippen LogP contribution >= 0.6 is 0 Å². The summed E-state index contributed by atoms with van der Waals surface area (Å²) in [4.78, 5) is 31.4. The van der Waals surface area contributed by atoms with E-state index in [1.807, 2.05) is 0 Å². The number of nitrogens with zero attached hydrogens (tertiary/aromatic N) is 2. The number of benzene rings is 1. The van der Waals surface area contributed by atoms with E-state index in [1.54, 1.807) is 68.9 Å². The van der Waals surface area contributed by atoms with Gasteiger partial charge in [0.25, 0.3) is 11.7 Å². The summed E-state index contributed by atoms with van der Waals surface area (Å²) in [6.45, 7) is 1.89. The molecule has 3 heterocycles. The summed E-state index contributed by atoms with van der Waals surface area (Å²) in [7, 11) is 1.55. The highest BCUT2D eigenvalue weighted by atomic mass is 16.5. The van der Waals surface area contributed by atoms with Crippen LogP contribution in [0.3, 0.4) is 0 Å². The number of aliphatic hydroxyl groups excluding tert-OH is 1. The first-order valence-electron chi connectivity index (χ1n) is 9.37. The Morgan fingerprint density at radius 2 is 2.07 bits per heavy atom. The fourth-order valence-electron chi connectivity index (χ4n) is 3.67. The molecule has 1 N–H and O–H groups in total. The second kappa shape index (κ2) is 7.87. The lowest BCUT2D eigenvalue weighted by atomic mass is 9.94. The Morgan fingerprint density at radius 1 is 1.23 bits per heavy atom. The van der Waals surface area contributed by atoms with Crippen molar-refractivity contribution in [1.82, 2.24) is 9.88 Å². The molecule has 2 aromatic heterocycles. The number of hydrogen-bond acceptors (Lipinski definition) is 6. The van der Waals surface area contributed by atoms with Crippen molar-refractivity contribution in [2.75, 3.05) is 7.11 Å². The number of rotatable bonds is 5. The van der Waals surface area contributed by atoms with E-state index >= 15 is 0 Å². The minimum Gasteiger partial charge on any atom is -0.507 e. The number of carbonyl (C=O) groups is 2. The lowest BCUT2D eigenvalue weighted by Crippen LogP contribution is -2.29. The van der Waals surface area contributed by atoms with Crippen LogP contribution in [0.1, 0.15) is 28.5 Å². The highest BCUT2D eigenvalue weighted by Gasteiger charge is 2.46. The summed E-state index contributed by atoms with van der Waals surface area (Å²) in [5, 5.41) is 11.1.